The highest BCUT2D eigenvalue weighted by atomic mass is 35.5. The number of hydrogen-bond donors (Lipinski definition) is 0. The van der Waals surface area contributed by atoms with Crippen LogP contribution >= 0.6 is 58.0 Å². The number of carbonyl (C=O) groups excluding carboxylic acids is 1. The Hall–Kier alpha value is 0.920. The smallest absolute Gasteiger partial charge is 0.305 e. The third-order valence-electron chi connectivity index (χ3n) is 7.27. The van der Waals surface area contributed by atoms with Gasteiger partial charge in [-0.05, 0) is 51.4 Å². The molecule has 0 radical (unpaired) electrons. The quantitative estimate of drug-likeness (QED) is 0.0484. The van der Waals surface area contributed by atoms with E-state index < -0.39 is 0 Å². The summed E-state index contributed by atoms with van der Waals surface area (Å²) in [6.45, 7) is 4.86. The molecule has 0 saturated heterocycles. The van der Waals surface area contributed by atoms with Crippen LogP contribution in [0.1, 0.15) is 155 Å². The normalized spacial score (nSPS) is 15.7. The molecule has 0 aromatic rings. The Balaban J connectivity index is 3.60. The maximum Gasteiger partial charge on any atom is 0.305 e. The van der Waals surface area contributed by atoms with Crippen LogP contribution in [0.15, 0.2) is 0 Å². The van der Waals surface area contributed by atoms with Crippen molar-refractivity contribution < 1.29 is 9.53 Å². The van der Waals surface area contributed by atoms with E-state index in [2.05, 4.69) is 13.8 Å². The molecule has 0 rings (SSSR count). The van der Waals surface area contributed by atoms with Crippen LogP contribution in [-0.4, -0.2) is 39.5 Å². The molecule has 2 nitrogen and oxygen atoms in total. The van der Waals surface area contributed by atoms with Gasteiger partial charge in [-0.2, -0.15) is 0 Å². The number of ether oxygens (including phenoxy) is 1. The third-order valence-corrected chi connectivity index (χ3v) is 9.77. The van der Waals surface area contributed by atoms with Crippen molar-refractivity contribution in [3.63, 3.8) is 0 Å². The van der Waals surface area contributed by atoms with Crippen molar-refractivity contribution in [2.75, 3.05) is 6.61 Å². The van der Waals surface area contributed by atoms with Gasteiger partial charge in [0.2, 0.25) is 0 Å². The van der Waals surface area contributed by atoms with Crippen LogP contribution in [-0.2, 0) is 9.53 Å². The Labute approximate surface area is 260 Å². The lowest BCUT2D eigenvalue weighted by Gasteiger charge is -2.18. The van der Waals surface area contributed by atoms with Gasteiger partial charge in [-0.1, -0.05) is 97.3 Å². The van der Waals surface area contributed by atoms with E-state index in [9.17, 15) is 4.79 Å². The van der Waals surface area contributed by atoms with Gasteiger partial charge in [0.05, 0.1) is 6.61 Å². The van der Waals surface area contributed by atoms with Gasteiger partial charge in [-0.3, -0.25) is 4.79 Å². The van der Waals surface area contributed by atoms with Gasteiger partial charge in [0, 0.05) is 33.3 Å². The van der Waals surface area contributed by atoms with Gasteiger partial charge >= 0.3 is 5.97 Å². The molecular formula is C31H57Cl5O2. The maximum atomic E-state index is 12.0. The summed E-state index contributed by atoms with van der Waals surface area (Å²) in [6, 6.07) is 0. The minimum Gasteiger partial charge on any atom is -0.466 e. The molecular weight excluding hydrogens is 582 g/mol. The second-order valence-corrected chi connectivity index (χ2v) is 14.0. The first-order valence-corrected chi connectivity index (χ1v) is 17.8. The number of unbranched alkanes of at least 4 members (excludes halogenated alkanes) is 12. The molecule has 7 heteroatoms. The molecule has 0 fully saturated rings. The minimum absolute atomic E-state index is 0.0895. The highest BCUT2D eigenvalue weighted by Gasteiger charge is 2.20. The van der Waals surface area contributed by atoms with E-state index in [0.717, 1.165) is 57.8 Å². The van der Waals surface area contributed by atoms with Crippen molar-refractivity contribution >= 4 is 64.0 Å². The number of alkyl halides is 5. The van der Waals surface area contributed by atoms with E-state index in [1.54, 1.807) is 0 Å². The molecule has 0 bridgehead atoms. The van der Waals surface area contributed by atoms with E-state index in [1.807, 2.05) is 0 Å². The van der Waals surface area contributed by atoms with E-state index in [-0.39, 0.29) is 32.9 Å². The predicted octanol–water partition coefficient (Wildman–Crippen LogP) is 12.2. The number of esters is 1. The van der Waals surface area contributed by atoms with Crippen LogP contribution in [0.5, 0.6) is 0 Å². The first kappa shape index (κ1) is 38.9. The molecule has 38 heavy (non-hydrogen) atoms. The van der Waals surface area contributed by atoms with Gasteiger partial charge in [0.15, 0.2) is 0 Å². The number of hydrogen-bond acceptors (Lipinski definition) is 2. The molecule has 5 unspecified atom stereocenters. The molecule has 0 amide bonds. The number of carbonyl (C=O) groups is 1. The van der Waals surface area contributed by atoms with Crippen LogP contribution in [0.25, 0.3) is 0 Å². The summed E-state index contributed by atoms with van der Waals surface area (Å²) in [5.74, 6) is -0.148. The SMILES string of the molecule is CCCCCCCCCCCCCCCOC(=O)CCC(Cl)CCC(Cl)C(Cl)CCCC(Cl)CC(Cl)CC. The molecule has 228 valence electrons. The number of halogens is 5. The fourth-order valence-electron chi connectivity index (χ4n) is 4.59. The van der Waals surface area contributed by atoms with Crippen LogP contribution in [0.2, 0.25) is 0 Å². The first-order chi connectivity index (χ1) is 18.3. The summed E-state index contributed by atoms with van der Waals surface area (Å²) in [5, 5.41) is -0.0990. The molecule has 0 heterocycles. The van der Waals surface area contributed by atoms with E-state index >= 15 is 0 Å². The Bertz CT molecular complexity index is 522. The fraction of sp³-hybridized carbons (Fsp3) is 0.968. The molecule has 0 saturated carbocycles. The molecule has 5 atom stereocenters. The minimum atomic E-state index is -0.148. The Morgan fingerprint density at radius 1 is 0.553 bits per heavy atom. The van der Waals surface area contributed by atoms with E-state index in [0.29, 0.717) is 19.4 Å². The highest BCUT2D eigenvalue weighted by Crippen LogP contribution is 2.26. The molecule has 0 N–H and O–H groups in total. The standard InChI is InChI=1S/C31H57Cl5O2/c1-3-5-6-7-8-9-10-11-12-13-14-15-16-24-38-31(37)23-21-27(33)20-22-30(36)29(35)19-17-18-28(34)25-26(32)4-2/h26-30H,3-25H2,1-2H3. The monoisotopic (exact) mass is 636 g/mol. The van der Waals surface area contributed by atoms with Crippen LogP contribution < -0.4 is 0 Å². The van der Waals surface area contributed by atoms with Crippen LogP contribution in [0, 0.1) is 0 Å². The first-order valence-electron chi connectivity index (χ1n) is 15.7. The number of rotatable bonds is 28. The Morgan fingerprint density at radius 2 is 1.08 bits per heavy atom. The summed E-state index contributed by atoms with van der Waals surface area (Å²) in [4.78, 5) is 12.0. The van der Waals surface area contributed by atoms with Crippen molar-refractivity contribution in [2.45, 2.75) is 182 Å². The lowest BCUT2D eigenvalue weighted by atomic mass is 10.0. The van der Waals surface area contributed by atoms with Crippen LogP contribution in [0.3, 0.4) is 0 Å². The zero-order valence-electron chi connectivity index (χ0n) is 24.4. The average molecular weight is 639 g/mol. The van der Waals surface area contributed by atoms with Crippen LogP contribution in [0.4, 0.5) is 0 Å². The molecule has 0 aliphatic rings. The highest BCUT2D eigenvalue weighted by molar-refractivity contribution is 6.30. The zero-order chi connectivity index (χ0) is 28.4. The topological polar surface area (TPSA) is 26.3 Å². The fourth-order valence-corrected chi connectivity index (χ4v) is 6.04. The second-order valence-electron chi connectivity index (χ2n) is 11.0. The third kappa shape index (κ3) is 25.9. The molecule has 0 aliphatic heterocycles. The molecule has 0 aliphatic carbocycles. The van der Waals surface area contributed by atoms with E-state index in [1.165, 1.54) is 70.6 Å². The average Bonchev–Trinajstić information content (AvgIpc) is 2.90. The maximum absolute atomic E-state index is 12.0. The predicted molar refractivity (Wildman–Crippen MR) is 172 cm³/mol. The summed E-state index contributed by atoms with van der Waals surface area (Å²) < 4.78 is 5.39. The van der Waals surface area contributed by atoms with Crippen molar-refractivity contribution in [3.05, 3.63) is 0 Å². The molecule has 0 aromatic heterocycles. The van der Waals surface area contributed by atoms with Crippen molar-refractivity contribution in [1.82, 2.24) is 0 Å². The largest absolute Gasteiger partial charge is 0.466 e. The molecule has 0 spiro atoms. The second kappa shape index (κ2) is 28.1. The summed E-state index contributed by atoms with van der Waals surface area (Å²) >= 11 is 32.0. The van der Waals surface area contributed by atoms with Gasteiger partial charge in [0.1, 0.15) is 0 Å². The van der Waals surface area contributed by atoms with Crippen molar-refractivity contribution in [3.8, 4) is 0 Å². The van der Waals surface area contributed by atoms with Crippen molar-refractivity contribution in [1.29, 1.82) is 0 Å². The van der Waals surface area contributed by atoms with Crippen molar-refractivity contribution in [2.24, 2.45) is 0 Å². The van der Waals surface area contributed by atoms with E-state index in [4.69, 9.17) is 62.7 Å². The Morgan fingerprint density at radius 3 is 1.63 bits per heavy atom. The van der Waals surface area contributed by atoms with Gasteiger partial charge in [-0.25, -0.2) is 0 Å². The Kier molecular flexibility index (Phi) is 28.7. The molecule has 0 aromatic carbocycles. The zero-order valence-corrected chi connectivity index (χ0v) is 28.1. The lowest BCUT2D eigenvalue weighted by molar-refractivity contribution is -0.143. The van der Waals surface area contributed by atoms with Gasteiger partial charge in [-0.15, -0.1) is 58.0 Å². The van der Waals surface area contributed by atoms with Gasteiger partial charge < -0.3 is 4.74 Å². The lowest BCUT2D eigenvalue weighted by Crippen LogP contribution is -2.18. The summed E-state index contributed by atoms with van der Waals surface area (Å²) in [5.41, 5.74) is 0. The summed E-state index contributed by atoms with van der Waals surface area (Å²) in [7, 11) is 0. The summed E-state index contributed by atoms with van der Waals surface area (Å²) in [6.07, 6.45) is 23.9. The van der Waals surface area contributed by atoms with Gasteiger partial charge in [0.25, 0.3) is 0 Å².